The van der Waals surface area contributed by atoms with E-state index < -0.39 is 28.4 Å². The maximum absolute atomic E-state index is 12.0. The van der Waals surface area contributed by atoms with E-state index in [1.807, 2.05) is 4.72 Å². The Morgan fingerprint density at radius 2 is 2.00 bits per heavy atom. The van der Waals surface area contributed by atoms with Gasteiger partial charge in [0.05, 0.1) is 5.69 Å². The van der Waals surface area contributed by atoms with Gasteiger partial charge in [-0.3, -0.25) is 9.52 Å². The summed E-state index contributed by atoms with van der Waals surface area (Å²) in [6.07, 6.45) is 0. The predicted octanol–water partition coefficient (Wildman–Crippen LogP) is 1.11. The number of anilines is 1. The van der Waals surface area contributed by atoms with Gasteiger partial charge in [-0.25, -0.2) is 8.42 Å². The van der Waals surface area contributed by atoms with Gasteiger partial charge >= 0.3 is 12.6 Å². The second-order valence-corrected chi connectivity index (χ2v) is 4.85. The van der Waals surface area contributed by atoms with Gasteiger partial charge < -0.3 is 9.84 Å². The fraction of sp³-hybridized carbons (Fsp3) is 0.222. The van der Waals surface area contributed by atoms with Crippen molar-refractivity contribution >= 4 is 21.7 Å². The molecule has 0 aliphatic heterocycles. The molecule has 1 rings (SSSR count). The number of carboxylic acid groups (broad SMARTS) is 1. The highest BCUT2D eigenvalue weighted by molar-refractivity contribution is 7.93. The summed E-state index contributed by atoms with van der Waals surface area (Å²) >= 11 is 0. The fourth-order valence-corrected chi connectivity index (χ4v) is 2.02. The number of alkyl halides is 2. The second kappa shape index (κ2) is 5.63. The minimum atomic E-state index is -4.17. The van der Waals surface area contributed by atoms with Crippen molar-refractivity contribution in [1.29, 1.82) is 0 Å². The van der Waals surface area contributed by atoms with Gasteiger partial charge in [0.1, 0.15) is 5.75 Å². The molecular weight excluding hydrogens is 272 g/mol. The van der Waals surface area contributed by atoms with Gasteiger partial charge in [0, 0.05) is 0 Å². The van der Waals surface area contributed by atoms with Crippen LogP contribution < -0.4 is 9.46 Å². The number of nitrogens with one attached hydrogen (secondary N) is 1. The van der Waals surface area contributed by atoms with Gasteiger partial charge in [-0.05, 0) is 12.1 Å². The van der Waals surface area contributed by atoms with Crippen molar-refractivity contribution in [2.75, 3.05) is 10.5 Å². The molecule has 0 aromatic heterocycles. The molecule has 18 heavy (non-hydrogen) atoms. The van der Waals surface area contributed by atoms with Crippen molar-refractivity contribution < 1.29 is 31.8 Å². The molecule has 0 bridgehead atoms. The molecule has 0 heterocycles. The highest BCUT2D eigenvalue weighted by Gasteiger charge is 2.18. The number of carboxylic acids is 1. The molecular formula is C9H9F2NO5S. The van der Waals surface area contributed by atoms with E-state index in [9.17, 15) is 22.0 Å². The van der Waals surface area contributed by atoms with Gasteiger partial charge in [-0.1, -0.05) is 12.1 Å². The van der Waals surface area contributed by atoms with Gasteiger partial charge in [0.25, 0.3) is 0 Å². The Morgan fingerprint density at radius 3 is 2.56 bits per heavy atom. The number of benzene rings is 1. The molecule has 9 heteroatoms. The average molecular weight is 281 g/mol. The van der Waals surface area contributed by atoms with E-state index in [1.165, 1.54) is 18.2 Å². The molecule has 1 aromatic rings. The first-order valence-corrected chi connectivity index (χ1v) is 6.21. The van der Waals surface area contributed by atoms with Crippen molar-refractivity contribution in [1.82, 2.24) is 0 Å². The van der Waals surface area contributed by atoms with Gasteiger partial charge in [0.15, 0.2) is 5.75 Å². The van der Waals surface area contributed by atoms with Crippen LogP contribution in [0.5, 0.6) is 5.75 Å². The lowest BCUT2D eigenvalue weighted by atomic mass is 10.3. The van der Waals surface area contributed by atoms with E-state index >= 15 is 0 Å². The van der Waals surface area contributed by atoms with Gasteiger partial charge in [-0.15, -0.1) is 0 Å². The highest BCUT2D eigenvalue weighted by Crippen LogP contribution is 2.26. The van der Waals surface area contributed by atoms with Crippen LogP contribution in [0.4, 0.5) is 14.5 Å². The number of carbonyl (C=O) groups is 1. The first kappa shape index (κ1) is 14.2. The summed E-state index contributed by atoms with van der Waals surface area (Å²) in [5.74, 6) is -3.12. The molecule has 0 saturated carbocycles. The minimum absolute atomic E-state index is 0.251. The lowest BCUT2D eigenvalue weighted by Gasteiger charge is -2.11. The number of hydrogen-bond acceptors (Lipinski definition) is 4. The zero-order valence-corrected chi connectivity index (χ0v) is 9.65. The third-order valence-corrected chi connectivity index (χ3v) is 2.84. The number of hydrogen-bond donors (Lipinski definition) is 2. The number of aliphatic carboxylic acids is 1. The summed E-state index contributed by atoms with van der Waals surface area (Å²) < 4.78 is 52.7. The zero-order valence-electron chi connectivity index (χ0n) is 8.84. The second-order valence-electron chi connectivity index (χ2n) is 3.13. The molecule has 0 atom stereocenters. The maximum Gasteiger partial charge on any atom is 0.387 e. The quantitative estimate of drug-likeness (QED) is 0.815. The van der Waals surface area contributed by atoms with Gasteiger partial charge in [0.2, 0.25) is 10.0 Å². The van der Waals surface area contributed by atoms with Crippen molar-refractivity contribution in [2.24, 2.45) is 0 Å². The normalized spacial score (nSPS) is 11.3. The smallest absolute Gasteiger partial charge is 0.387 e. The summed E-state index contributed by atoms with van der Waals surface area (Å²) in [5.41, 5.74) is -0.251. The Balaban J connectivity index is 2.93. The van der Waals surface area contributed by atoms with Crippen LogP contribution in [-0.4, -0.2) is 31.9 Å². The van der Waals surface area contributed by atoms with Crippen molar-refractivity contribution in [3.8, 4) is 5.75 Å². The van der Waals surface area contributed by atoms with Crippen LogP contribution in [0, 0.1) is 0 Å². The highest BCUT2D eigenvalue weighted by atomic mass is 32.2. The molecule has 0 aliphatic rings. The number of halogens is 2. The van der Waals surface area contributed by atoms with E-state index in [1.54, 1.807) is 0 Å². The van der Waals surface area contributed by atoms with Gasteiger partial charge in [-0.2, -0.15) is 8.78 Å². The van der Waals surface area contributed by atoms with Crippen LogP contribution in [0.1, 0.15) is 0 Å². The Labute approximate surface area is 101 Å². The molecule has 0 radical (unpaired) electrons. The summed E-state index contributed by atoms with van der Waals surface area (Å²) in [5, 5.41) is 8.37. The molecule has 0 aliphatic carbocycles. The maximum atomic E-state index is 12.0. The zero-order chi connectivity index (χ0) is 13.8. The van der Waals surface area contributed by atoms with Crippen LogP contribution in [0.25, 0.3) is 0 Å². The Bertz CT molecular complexity index is 532. The minimum Gasteiger partial charge on any atom is -0.480 e. The largest absolute Gasteiger partial charge is 0.480 e. The van der Waals surface area contributed by atoms with E-state index in [4.69, 9.17) is 5.11 Å². The van der Waals surface area contributed by atoms with Crippen LogP contribution in [-0.2, 0) is 14.8 Å². The Hall–Kier alpha value is -1.90. The monoisotopic (exact) mass is 281 g/mol. The lowest BCUT2D eigenvalue weighted by molar-refractivity contribution is -0.134. The Morgan fingerprint density at radius 1 is 1.39 bits per heavy atom. The summed E-state index contributed by atoms with van der Waals surface area (Å²) in [6, 6.07) is 5.06. The molecule has 0 fully saturated rings. The summed E-state index contributed by atoms with van der Waals surface area (Å²) in [7, 11) is -4.17. The molecule has 0 saturated heterocycles. The topological polar surface area (TPSA) is 92.7 Å². The Kier molecular flexibility index (Phi) is 4.43. The number of sulfonamides is 1. The molecule has 6 nitrogen and oxygen atoms in total. The van der Waals surface area contributed by atoms with E-state index in [2.05, 4.69) is 4.74 Å². The summed E-state index contributed by atoms with van der Waals surface area (Å²) in [6.45, 7) is -3.12. The molecule has 2 N–H and O–H groups in total. The van der Waals surface area contributed by atoms with E-state index in [0.717, 1.165) is 6.07 Å². The van der Waals surface area contributed by atoms with E-state index in [-0.39, 0.29) is 11.4 Å². The first-order valence-electron chi connectivity index (χ1n) is 4.56. The molecule has 1 aromatic carbocycles. The third-order valence-electron chi connectivity index (χ3n) is 1.68. The van der Waals surface area contributed by atoms with E-state index in [0.29, 0.717) is 0 Å². The van der Waals surface area contributed by atoms with Crippen molar-refractivity contribution in [2.45, 2.75) is 6.61 Å². The summed E-state index contributed by atoms with van der Waals surface area (Å²) in [4.78, 5) is 10.3. The molecule has 0 unspecified atom stereocenters. The standard InChI is InChI=1S/C9H9F2NO5S/c10-9(11)17-7-4-2-1-3-6(7)12-18(15,16)5-8(13)14/h1-4,9,12H,5H2,(H,13,14). The predicted molar refractivity (Wildman–Crippen MR) is 58.1 cm³/mol. The number of rotatable bonds is 6. The number of para-hydroxylation sites is 2. The molecule has 100 valence electrons. The van der Waals surface area contributed by atoms with Crippen LogP contribution in [0.3, 0.4) is 0 Å². The van der Waals surface area contributed by atoms with Crippen LogP contribution in [0.2, 0.25) is 0 Å². The van der Waals surface area contributed by atoms with Crippen molar-refractivity contribution in [3.05, 3.63) is 24.3 Å². The molecule has 0 spiro atoms. The first-order chi connectivity index (χ1) is 8.30. The molecule has 0 amide bonds. The fourth-order valence-electron chi connectivity index (χ4n) is 1.12. The average Bonchev–Trinajstić information content (AvgIpc) is 2.17. The van der Waals surface area contributed by atoms with Crippen molar-refractivity contribution in [3.63, 3.8) is 0 Å². The number of ether oxygens (including phenoxy) is 1. The van der Waals surface area contributed by atoms with Crippen LogP contribution in [0.15, 0.2) is 24.3 Å². The third kappa shape index (κ3) is 4.53. The SMILES string of the molecule is O=C(O)CS(=O)(=O)Nc1ccccc1OC(F)F. The lowest BCUT2D eigenvalue weighted by Crippen LogP contribution is -2.22. The van der Waals surface area contributed by atoms with Crippen LogP contribution >= 0.6 is 0 Å².